The van der Waals surface area contributed by atoms with Crippen LogP contribution in [0.3, 0.4) is 0 Å². The Morgan fingerprint density at radius 1 is 1.19 bits per heavy atom. The van der Waals surface area contributed by atoms with Gasteiger partial charge in [0.25, 0.3) is 0 Å². The van der Waals surface area contributed by atoms with E-state index in [4.69, 9.17) is 4.74 Å². The summed E-state index contributed by atoms with van der Waals surface area (Å²) in [5, 5.41) is 1.66. The number of halogens is 1. The lowest BCUT2D eigenvalue weighted by atomic mass is 10.1. The summed E-state index contributed by atoms with van der Waals surface area (Å²) in [6, 6.07) is 12.8. The molecule has 0 fully saturated rings. The maximum absolute atomic E-state index is 12.8. The maximum Gasteiger partial charge on any atom is 0.243 e. The Balaban J connectivity index is 2.38. The lowest BCUT2D eigenvalue weighted by Crippen LogP contribution is -2.33. The number of hydrogen-bond acceptors (Lipinski definition) is 3. The first-order chi connectivity index (χ1) is 9.96. The molecule has 0 radical (unpaired) electrons. The predicted octanol–water partition coefficient (Wildman–Crippen LogP) is 2.87. The van der Waals surface area contributed by atoms with Gasteiger partial charge in [-0.05, 0) is 11.5 Å². The summed E-state index contributed by atoms with van der Waals surface area (Å²) in [6.45, 7) is 0.800. The van der Waals surface area contributed by atoms with Gasteiger partial charge in [-0.2, -0.15) is 4.31 Å². The molecule has 0 bridgehead atoms. The summed E-state index contributed by atoms with van der Waals surface area (Å²) in [7, 11) is -0.356. The molecule has 0 spiro atoms. The van der Waals surface area contributed by atoms with Crippen LogP contribution in [0.1, 0.15) is 0 Å². The van der Waals surface area contributed by atoms with Crippen LogP contribution in [0.25, 0.3) is 10.8 Å². The van der Waals surface area contributed by atoms with Gasteiger partial charge in [0, 0.05) is 26.1 Å². The first kappa shape index (κ1) is 16.4. The van der Waals surface area contributed by atoms with Gasteiger partial charge in [-0.3, -0.25) is 0 Å². The number of hydrogen-bond donors (Lipinski definition) is 0. The number of nitrogens with zero attached hydrogens (tertiary/aromatic N) is 1. The Kier molecular flexibility index (Phi) is 5.37. The minimum absolute atomic E-state index is 0.0442. The molecule has 2 rings (SSSR count). The Hall–Kier alpha value is -0.950. The molecule has 0 saturated heterocycles. The summed E-state index contributed by atoms with van der Waals surface area (Å²) >= 11 is 3.42. The quantitative estimate of drug-likeness (QED) is 0.733. The normalized spacial score (nSPS) is 13.7. The van der Waals surface area contributed by atoms with Crippen molar-refractivity contribution in [2.75, 3.05) is 27.3 Å². The van der Waals surface area contributed by atoms with Crippen molar-refractivity contribution in [1.29, 1.82) is 0 Å². The monoisotopic (exact) mass is 371 g/mol. The molecule has 0 aliphatic heterocycles. The third kappa shape index (κ3) is 3.63. The van der Waals surface area contributed by atoms with E-state index in [0.29, 0.717) is 18.0 Å². The highest BCUT2D eigenvalue weighted by atomic mass is 79.9. The molecule has 1 unspecified atom stereocenters. The number of ether oxygens (including phenoxy) is 1. The summed E-state index contributed by atoms with van der Waals surface area (Å²) in [5.41, 5.74) is 0. The average Bonchev–Trinajstić information content (AvgIpc) is 2.46. The number of rotatable bonds is 6. The van der Waals surface area contributed by atoms with Crippen molar-refractivity contribution in [3.63, 3.8) is 0 Å². The molecule has 0 aliphatic rings. The first-order valence-corrected chi connectivity index (χ1v) is 8.89. The zero-order valence-corrected chi connectivity index (χ0v) is 14.4. The van der Waals surface area contributed by atoms with Gasteiger partial charge in [0.2, 0.25) is 10.0 Å². The van der Waals surface area contributed by atoms with E-state index in [2.05, 4.69) is 15.9 Å². The van der Waals surface area contributed by atoms with Gasteiger partial charge in [-0.1, -0.05) is 52.3 Å². The van der Waals surface area contributed by atoms with Crippen molar-refractivity contribution in [2.24, 2.45) is 0 Å². The first-order valence-electron chi connectivity index (χ1n) is 6.54. The number of fused-ring (bicyclic) bond motifs is 1. The number of methoxy groups -OCH3 is 1. The molecule has 0 amide bonds. The molecule has 0 aromatic heterocycles. The fraction of sp³-hybridized carbons (Fsp3) is 0.333. The highest BCUT2D eigenvalue weighted by Crippen LogP contribution is 2.25. The molecule has 0 aliphatic carbocycles. The van der Waals surface area contributed by atoms with Crippen molar-refractivity contribution in [2.45, 2.75) is 9.72 Å². The summed E-state index contributed by atoms with van der Waals surface area (Å²) in [5.74, 6) is 0. The lowest BCUT2D eigenvalue weighted by Gasteiger charge is -2.21. The molecular formula is C15H18BrNO3S. The van der Waals surface area contributed by atoms with Gasteiger partial charge in [0.15, 0.2) is 0 Å². The van der Waals surface area contributed by atoms with Crippen LogP contribution in [0.5, 0.6) is 0 Å². The molecule has 4 nitrogen and oxygen atoms in total. The van der Waals surface area contributed by atoms with E-state index >= 15 is 0 Å². The lowest BCUT2D eigenvalue weighted by molar-refractivity contribution is 0.195. The minimum Gasteiger partial charge on any atom is -0.383 e. The molecule has 2 aromatic carbocycles. The molecular weight excluding hydrogens is 354 g/mol. The van der Waals surface area contributed by atoms with Crippen LogP contribution in [-0.2, 0) is 14.8 Å². The van der Waals surface area contributed by atoms with Crippen LogP contribution >= 0.6 is 15.9 Å². The molecule has 1 atom stereocenters. The standard InChI is InChI=1S/C15H18BrNO3S/c1-17(10-13(16)11-20-2)21(18,19)15-9-5-7-12-6-3-4-8-14(12)15/h3-9,13H,10-11H2,1-2H3. The summed E-state index contributed by atoms with van der Waals surface area (Å²) in [6.07, 6.45) is 0. The zero-order chi connectivity index (χ0) is 15.5. The minimum atomic E-state index is -3.53. The second-order valence-electron chi connectivity index (χ2n) is 4.82. The maximum atomic E-state index is 12.8. The fourth-order valence-corrected chi connectivity index (χ4v) is 4.52. The molecule has 0 N–H and O–H groups in total. The Bertz CT molecular complexity index is 712. The van der Waals surface area contributed by atoms with E-state index in [1.807, 2.05) is 30.3 Å². The molecule has 114 valence electrons. The molecule has 6 heteroatoms. The molecule has 21 heavy (non-hydrogen) atoms. The highest BCUT2D eigenvalue weighted by molar-refractivity contribution is 9.09. The van der Waals surface area contributed by atoms with Crippen LogP contribution in [0.2, 0.25) is 0 Å². The Morgan fingerprint density at radius 2 is 1.86 bits per heavy atom. The van der Waals surface area contributed by atoms with Crippen LogP contribution in [-0.4, -0.2) is 44.9 Å². The Morgan fingerprint density at radius 3 is 2.57 bits per heavy atom. The topological polar surface area (TPSA) is 46.6 Å². The largest absolute Gasteiger partial charge is 0.383 e. The summed E-state index contributed by atoms with van der Waals surface area (Å²) in [4.78, 5) is 0.289. The SMILES string of the molecule is COCC(Br)CN(C)S(=O)(=O)c1cccc2ccccc12. The second-order valence-corrected chi connectivity index (χ2v) is 8.12. The summed E-state index contributed by atoms with van der Waals surface area (Å²) < 4.78 is 31.9. The molecule has 0 saturated carbocycles. The number of benzene rings is 2. The average molecular weight is 372 g/mol. The molecule has 2 aromatic rings. The van der Waals surface area contributed by atoms with Crippen molar-refractivity contribution in [1.82, 2.24) is 4.31 Å². The van der Waals surface area contributed by atoms with Crippen molar-refractivity contribution < 1.29 is 13.2 Å². The van der Waals surface area contributed by atoms with Crippen molar-refractivity contribution in [3.8, 4) is 0 Å². The number of alkyl halides is 1. The van der Waals surface area contributed by atoms with E-state index < -0.39 is 10.0 Å². The van der Waals surface area contributed by atoms with Gasteiger partial charge in [0.05, 0.1) is 16.3 Å². The third-order valence-electron chi connectivity index (χ3n) is 3.24. The van der Waals surface area contributed by atoms with Gasteiger partial charge in [-0.15, -0.1) is 0 Å². The molecule has 0 heterocycles. The number of sulfonamides is 1. The predicted molar refractivity (Wildman–Crippen MR) is 88.4 cm³/mol. The van der Waals surface area contributed by atoms with Gasteiger partial charge < -0.3 is 4.74 Å². The van der Waals surface area contributed by atoms with Crippen LogP contribution < -0.4 is 0 Å². The van der Waals surface area contributed by atoms with E-state index in [9.17, 15) is 8.42 Å². The second kappa shape index (κ2) is 6.87. The van der Waals surface area contributed by atoms with Gasteiger partial charge >= 0.3 is 0 Å². The highest BCUT2D eigenvalue weighted by Gasteiger charge is 2.24. The third-order valence-corrected chi connectivity index (χ3v) is 5.68. The smallest absolute Gasteiger partial charge is 0.243 e. The van der Waals surface area contributed by atoms with E-state index in [1.165, 1.54) is 4.31 Å². The van der Waals surface area contributed by atoms with Crippen molar-refractivity contribution in [3.05, 3.63) is 42.5 Å². The van der Waals surface area contributed by atoms with Crippen LogP contribution in [0, 0.1) is 0 Å². The van der Waals surface area contributed by atoms with Crippen molar-refractivity contribution >= 4 is 36.7 Å². The van der Waals surface area contributed by atoms with Crippen LogP contribution in [0.15, 0.2) is 47.4 Å². The Labute approximate surface area is 133 Å². The van der Waals surface area contributed by atoms with Gasteiger partial charge in [-0.25, -0.2) is 8.42 Å². The van der Waals surface area contributed by atoms with E-state index in [-0.39, 0.29) is 4.83 Å². The van der Waals surface area contributed by atoms with E-state index in [0.717, 1.165) is 10.8 Å². The van der Waals surface area contributed by atoms with E-state index in [1.54, 1.807) is 26.3 Å². The van der Waals surface area contributed by atoms with Gasteiger partial charge in [0.1, 0.15) is 0 Å². The zero-order valence-electron chi connectivity index (χ0n) is 12.0. The van der Waals surface area contributed by atoms with Crippen LogP contribution in [0.4, 0.5) is 0 Å². The fourth-order valence-electron chi connectivity index (χ4n) is 2.20.